The summed E-state index contributed by atoms with van der Waals surface area (Å²) >= 11 is 0. The van der Waals surface area contributed by atoms with Crippen molar-refractivity contribution in [3.63, 3.8) is 0 Å². The Morgan fingerprint density at radius 2 is 1.60 bits per heavy atom. The minimum Gasteiger partial charge on any atom is -0.478 e. The molecular weight excluding hydrogens is 441 g/mol. The van der Waals surface area contributed by atoms with Crippen molar-refractivity contribution in [2.45, 2.75) is 68.4 Å². The molecule has 0 unspecified atom stereocenters. The zero-order valence-corrected chi connectivity index (χ0v) is 22.4. The van der Waals surface area contributed by atoms with Crippen LogP contribution in [-0.4, -0.2) is 22.5 Å². The topological polar surface area (TPSA) is 55.3 Å². The molecule has 0 atom stereocenters. The lowest BCUT2D eigenvalue weighted by Gasteiger charge is -2.29. The number of amides is 1. The fourth-order valence-corrected chi connectivity index (χ4v) is 2.83. The molecule has 190 valence electrons. The molecule has 2 aromatic heterocycles. The largest absolute Gasteiger partial charge is 0.478 e. The molecule has 0 N–H and O–H groups in total. The molecule has 0 aliphatic rings. The minimum absolute atomic E-state index is 0.0142. The summed E-state index contributed by atoms with van der Waals surface area (Å²) in [6.07, 6.45) is 4.60. The van der Waals surface area contributed by atoms with E-state index in [9.17, 15) is 9.18 Å². The lowest BCUT2D eigenvalue weighted by atomic mass is 9.94. The number of hydrogen-bond donors (Lipinski definition) is 0. The first-order valence-electron chi connectivity index (χ1n) is 12.1. The molecule has 0 saturated heterocycles. The smallest absolute Gasteiger partial charge is 0.232 e. The first-order valence-corrected chi connectivity index (χ1v) is 12.1. The molecule has 6 heteroatoms. The molecule has 2 heterocycles. The number of ether oxygens (including phenoxy) is 1. The third kappa shape index (κ3) is 10.7. The van der Waals surface area contributed by atoms with Crippen LogP contribution in [0.1, 0.15) is 64.8 Å². The number of anilines is 1. The molecule has 35 heavy (non-hydrogen) atoms. The van der Waals surface area contributed by atoms with Crippen molar-refractivity contribution in [2.24, 2.45) is 5.41 Å². The van der Waals surface area contributed by atoms with E-state index in [4.69, 9.17) is 4.74 Å². The van der Waals surface area contributed by atoms with Crippen LogP contribution in [0.4, 0.5) is 10.1 Å². The molecule has 0 spiro atoms. The molecule has 3 aromatic rings. The zero-order valence-electron chi connectivity index (χ0n) is 22.4. The molecule has 0 aliphatic carbocycles. The predicted molar refractivity (Wildman–Crippen MR) is 142 cm³/mol. The van der Waals surface area contributed by atoms with Gasteiger partial charge in [0.05, 0.1) is 13.2 Å². The van der Waals surface area contributed by atoms with Crippen LogP contribution >= 0.6 is 0 Å². The lowest BCUT2D eigenvalue weighted by molar-refractivity contribution is -0.125. The zero-order chi connectivity index (χ0) is 26.4. The van der Waals surface area contributed by atoms with Gasteiger partial charge in [-0.25, -0.2) is 9.37 Å². The van der Waals surface area contributed by atoms with Crippen LogP contribution in [0.2, 0.25) is 0 Å². The second kappa shape index (κ2) is 14.9. The fourth-order valence-electron chi connectivity index (χ4n) is 2.83. The van der Waals surface area contributed by atoms with E-state index in [0.29, 0.717) is 12.2 Å². The number of halogens is 1. The number of aryl methyl sites for hydroxylation is 2. The van der Waals surface area contributed by atoms with Gasteiger partial charge in [-0.05, 0) is 61.7 Å². The normalized spacial score (nSPS) is 10.3. The highest BCUT2D eigenvalue weighted by molar-refractivity contribution is 5.96. The van der Waals surface area contributed by atoms with Crippen LogP contribution in [0.25, 0.3) is 0 Å². The van der Waals surface area contributed by atoms with Crippen molar-refractivity contribution in [2.75, 3.05) is 11.5 Å². The number of carbonyl (C=O) groups is 1. The maximum Gasteiger partial charge on any atom is 0.232 e. The quantitative estimate of drug-likeness (QED) is 0.370. The molecular formula is C29H40FN3O2. The van der Waals surface area contributed by atoms with Gasteiger partial charge in [0.25, 0.3) is 0 Å². The Balaban J connectivity index is 0.000000395. The van der Waals surface area contributed by atoms with Gasteiger partial charge in [0.15, 0.2) is 0 Å². The van der Waals surface area contributed by atoms with Crippen LogP contribution in [0, 0.1) is 25.1 Å². The van der Waals surface area contributed by atoms with Crippen molar-refractivity contribution in [3.8, 4) is 5.88 Å². The van der Waals surface area contributed by atoms with Crippen molar-refractivity contribution in [1.29, 1.82) is 0 Å². The lowest BCUT2D eigenvalue weighted by Crippen LogP contribution is -2.39. The van der Waals surface area contributed by atoms with Gasteiger partial charge in [-0.1, -0.05) is 53.7 Å². The highest BCUT2D eigenvalue weighted by atomic mass is 19.1. The third-order valence-corrected chi connectivity index (χ3v) is 4.68. The minimum atomic E-state index is -0.521. The predicted octanol–water partition coefficient (Wildman–Crippen LogP) is 7.31. The van der Waals surface area contributed by atoms with Crippen LogP contribution in [-0.2, 0) is 11.3 Å². The molecule has 3 rings (SSSR count). The number of carbonyl (C=O) groups excluding carboxylic acids is 1. The average Bonchev–Trinajstić information content (AvgIpc) is 2.85. The Morgan fingerprint density at radius 1 is 0.943 bits per heavy atom. The Morgan fingerprint density at radius 3 is 2.09 bits per heavy atom. The van der Waals surface area contributed by atoms with E-state index >= 15 is 0 Å². The highest BCUT2D eigenvalue weighted by Crippen LogP contribution is 2.25. The standard InChI is InChI=1S/C18H21FN2O.C9H13NO.C2H6/c1-13-5-6-14(11-20-13)12-21(17(22)18(2,3)4)16-9-7-15(19)8-10-16;1-3-6-11-9-5-4-8(2)7-10-9;1-2/h5-11H,12H2,1-4H3;4-5,7H,3,6H2,1-2H3;1-2H3. The maximum atomic E-state index is 13.1. The van der Waals surface area contributed by atoms with Gasteiger partial charge in [0.2, 0.25) is 11.8 Å². The third-order valence-electron chi connectivity index (χ3n) is 4.68. The van der Waals surface area contributed by atoms with Crippen molar-refractivity contribution in [1.82, 2.24) is 9.97 Å². The summed E-state index contributed by atoms with van der Waals surface area (Å²) in [5, 5.41) is 0. The van der Waals surface area contributed by atoms with Crippen molar-refractivity contribution < 1.29 is 13.9 Å². The van der Waals surface area contributed by atoms with Crippen LogP contribution < -0.4 is 9.64 Å². The summed E-state index contributed by atoms with van der Waals surface area (Å²) in [6.45, 7) is 16.8. The van der Waals surface area contributed by atoms with Gasteiger partial charge < -0.3 is 9.64 Å². The summed E-state index contributed by atoms with van der Waals surface area (Å²) in [6, 6.07) is 13.7. The van der Waals surface area contributed by atoms with E-state index in [1.807, 2.05) is 78.9 Å². The van der Waals surface area contributed by atoms with Crippen molar-refractivity contribution in [3.05, 3.63) is 83.6 Å². The monoisotopic (exact) mass is 481 g/mol. The van der Waals surface area contributed by atoms with E-state index in [1.54, 1.807) is 23.2 Å². The van der Waals surface area contributed by atoms with Gasteiger partial charge in [0.1, 0.15) is 5.82 Å². The van der Waals surface area contributed by atoms with Gasteiger partial charge in [-0.2, -0.15) is 0 Å². The van der Waals surface area contributed by atoms with Crippen LogP contribution in [0.15, 0.2) is 60.9 Å². The Kier molecular flexibility index (Phi) is 12.6. The second-order valence-electron chi connectivity index (χ2n) is 8.95. The second-order valence-corrected chi connectivity index (χ2v) is 8.95. The Bertz CT molecular complexity index is 996. The van der Waals surface area contributed by atoms with Gasteiger partial charge in [-0.15, -0.1) is 0 Å². The number of pyridine rings is 2. The summed E-state index contributed by atoms with van der Waals surface area (Å²) in [5.41, 5.74) is 3.19. The molecule has 0 aliphatic heterocycles. The molecule has 0 bridgehead atoms. The number of nitrogens with zero attached hydrogens (tertiary/aromatic N) is 3. The first kappa shape index (κ1) is 29.8. The maximum absolute atomic E-state index is 13.1. The molecule has 5 nitrogen and oxygen atoms in total. The molecule has 0 radical (unpaired) electrons. The Hall–Kier alpha value is -3.28. The SMILES string of the molecule is CC.CCCOc1ccc(C)cn1.Cc1ccc(CN(C(=O)C(C)(C)C)c2ccc(F)cc2)cn1. The van der Waals surface area contributed by atoms with Gasteiger partial charge in [0, 0.05) is 35.3 Å². The summed E-state index contributed by atoms with van der Waals surface area (Å²) in [5.74, 6) is 0.390. The fraction of sp³-hybridized carbons (Fsp3) is 0.414. The molecule has 1 aromatic carbocycles. The highest BCUT2D eigenvalue weighted by Gasteiger charge is 2.28. The average molecular weight is 482 g/mol. The number of hydrogen-bond acceptors (Lipinski definition) is 4. The van der Waals surface area contributed by atoms with Gasteiger partial charge in [-0.3, -0.25) is 9.78 Å². The van der Waals surface area contributed by atoms with Crippen LogP contribution in [0.3, 0.4) is 0 Å². The molecule has 0 fully saturated rings. The van der Waals surface area contributed by atoms with E-state index < -0.39 is 5.41 Å². The summed E-state index contributed by atoms with van der Waals surface area (Å²) in [4.78, 5) is 22.8. The van der Waals surface area contributed by atoms with E-state index in [0.717, 1.165) is 35.7 Å². The number of rotatable bonds is 6. The van der Waals surface area contributed by atoms with E-state index in [-0.39, 0.29) is 11.7 Å². The van der Waals surface area contributed by atoms with Crippen LogP contribution in [0.5, 0.6) is 5.88 Å². The summed E-state index contributed by atoms with van der Waals surface area (Å²) in [7, 11) is 0. The number of aromatic nitrogens is 2. The van der Waals surface area contributed by atoms with Gasteiger partial charge >= 0.3 is 0 Å². The summed E-state index contributed by atoms with van der Waals surface area (Å²) < 4.78 is 18.4. The number of benzene rings is 1. The first-order chi connectivity index (χ1) is 16.6. The molecule has 1 amide bonds. The van der Waals surface area contributed by atoms with E-state index in [2.05, 4.69) is 16.9 Å². The van der Waals surface area contributed by atoms with Crippen molar-refractivity contribution >= 4 is 11.6 Å². The molecule has 0 saturated carbocycles. The Labute approximate surface area is 210 Å². The van der Waals surface area contributed by atoms with E-state index in [1.165, 1.54) is 12.1 Å².